The van der Waals surface area contributed by atoms with Gasteiger partial charge in [-0.2, -0.15) is 0 Å². The molecular formula is C22H49O3P. The van der Waals surface area contributed by atoms with E-state index in [0.29, 0.717) is 0 Å². The van der Waals surface area contributed by atoms with Crippen LogP contribution in [0.4, 0.5) is 0 Å². The maximum absolute atomic E-state index is 10.2. The van der Waals surface area contributed by atoms with Gasteiger partial charge in [0.05, 0.1) is 0 Å². The molecule has 0 aliphatic carbocycles. The Hall–Kier alpha value is 0.310. The van der Waals surface area contributed by atoms with Crippen LogP contribution in [0.3, 0.4) is 0 Å². The molecule has 0 aromatic rings. The van der Waals surface area contributed by atoms with E-state index in [-0.39, 0.29) is 12.3 Å². The third-order valence-corrected chi connectivity index (χ3v) is 7.90. The van der Waals surface area contributed by atoms with E-state index in [1.807, 2.05) is 0 Å². The Morgan fingerprint density at radius 3 is 0.885 bits per heavy atom. The van der Waals surface area contributed by atoms with Crippen LogP contribution in [0.5, 0.6) is 0 Å². The van der Waals surface area contributed by atoms with Crippen LogP contribution in [0.15, 0.2) is 0 Å². The van der Waals surface area contributed by atoms with E-state index in [0.717, 1.165) is 38.5 Å². The molecular weight excluding hydrogens is 343 g/mol. The van der Waals surface area contributed by atoms with Crippen molar-refractivity contribution < 1.29 is 14.7 Å². The standard InChI is InChI=1S/C22H49O3P/c1-3-5-7-9-11-13-15-17-19-21-26(23,24,25)22-20-18-16-14-12-10-8-6-4-2/h23-25H,3-22H2,1-2H3. The van der Waals surface area contributed by atoms with Gasteiger partial charge < -0.3 is 0 Å². The number of rotatable bonds is 20. The van der Waals surface area contributed by atoms with Crippen molar-refractivity contribution in [1.29, 1.82) is 0 Å². The first-order valence-electron chi connectivity index (χ1n) is 11.6. The summed E-state index contributed by atoms with van der Waals surface area (Å²) in [5.41, 5.74) is 0. The molecule has 0 saturated heterocycles. The Morgan fingerprint density at radius 2 is 0.615 bits per heavy atom. The molecule has 0 heterocycles. The molecule has 0 bridgehead atoms. The zero-order valence-corrected chi connectivity index (χ0v) is 18.8. The van der Waals surface area contributed by atoms with Crippen LogP contribution in [0, 0.1) is 0 Å². The first kappa shape index (κ1) is 26.3. The molecule has 0 amide bonds. The van der Waals surface area contributed by atoms with E-state index in [2.05, 4.69) is 13.8 Å². The summed E-state index contributed by atoms with van der Waals surface area (Å²) in [5.74, 6) is 0. The quantitative estimate of drug-likeness (QED) is 0.150. The number of hydrogen-bond acceptors (Lipinski definition) is 3. The van der Waals surface area contributed by atoms with Gasteiger partial charge in [-0.25, -0.2) is 0 Å². The second-order valence-electron chi connectivity index (χ2n) is 8.44. The van der Waals surface area contributed by atoms with Gasteiger partial charge in [-0.05, 0) is 0 Å². The van der Waals surface area contributed by atoms with Crippen LogP contribution < -0.4 is 0 Å². The van der Waals surface area contributed by atoms with Crippen molar-refractivity contribution in [2.24, 2.45) is 0 Å². The molecule has 0 fully saturated rings. The maximum atomic E-state index is 10.2. The van der Waals surface area contributed by atoms with Crippen molar-refractivity contribution in [1.82, 2.24) is 0 Å². The average molecular weight is 393 g/mol. The number of hydrogen-bond donors (Lipinski definition) is 3. The predicted octanol–water partition coefficient (Wildman–Crippen LogP) is 7.32. The van der Waals surface area contributed by atoms with Crippen molar-refractivity contribution in [3.8, 4) is 0 Å². The molecule has 0 unspecified atom stereocenters. The van der Waals surface area contributed by atoms with Crippen LogP contribution in [0.1, 0.15) is 129 Å². The molecule has 4 heteroatoms. The monoisotopic (exact) mass is 392 g/mol. The van der Waals surface area contributed by atoms with E-state index in [1.165, 1.54) is 77.0 Å². The van der Waals surface area contributed by atoms with Crippen molar-refractivity contribution in [3.63, 3.8) is 0 Å². The normalized spacial score (nSPS) is 13.7. The Morgan fingerprint density at radius 1 is 0.385 bits per heavy atom. The molecule has 0 saturated carbocycles. The van der Waals surface area contributed by atoms with Gasteiger partial charge in [-0.1, -0.05) is 0 Å². The topological polar surface area (TPSA) is 60.7 Å². The van der Waals surface area contributed by atoms with E-state index >= 15 is 0 Å². The van der Waals surface area contributed by atoms with E-state index in [9.17, 15) is 14.7 Å². The van der Waals surface area contributed by atoms with E-state index < -0.39 is 7.28 Å². The average Bonchev–Trinajstić information content (AvgIpc) is 2.58. The van der Waals surface area contributed by atoms with Gasteiger partial charge in [0.1, 0.15) is 0 Å². The molecule has 0 rings (SSSR count). The van der Waals surface area contributed by atoms with Gasteiger partial charge in [0.15, 0.2) is 0 Å². The van der Waals surface area contributed by atoms with E-state index in [1.54, 1.807) is 0 Å². The summed E-state index contributed by atoms with van der Waals surface area (Å²) in [6.45, 7) is 4.47. The molecule has 0 aliphatic rings. The SMILES string of the molecule is CCCCCCCCCCCP(O)(O)(O)CCCCCCCCCCC. The van der Waals surface area contributed by atoms with Crippen LogP contribution in [0.2, 0.25) is 0 Å². The summed E-state index contributed by atoms with van der Waals surface area (Å²) < 4.78 is 0. The van der Waals surface area contributed by atoms with Gasteiger partial charge in [0.25, 0.3) is 0 Å². The summed E-state index contributed by atoms with van der Waals surface area (Å²) >= 11 is 0. The first-order valence-corrected chi connectivity index (χ1v) is 14.1. The second kappa shape index (κ2) is 16.3. The molecule has 160 valence electrons. The van der Waals surface area contributed by atoms with E-state index in [4.69, 9.17) is 0 Å². The third-order valence-electron chi connectivity index (χ3n) is 5.44. The minimum atomic E-state index is -4.35. The van der Waals surface area contributed by atoms with Crippen LogP contribution in [-0.2, 0) is 0 Å². The second-order valence-corrected chi connectivity index (χ2v) is 12.0. The first-order chi connectivity index (χ1) is 12.4. The van der Waals surface area contributed by atoms with Crippen molar-refractivity contribution in [3.05, 3.63) is 0 Å². The molecule has 3 N–H and O–H groups in total. The van der Waals surface area contributed by atoms with Crippen LogP contribution >= 0.6 is 7.28 Å². The molecule has 0 aromatic heterocycles. The zero-order valence-electron chi connectivity index (χ0n) is 17.9. The summed E-state index contributed by atoms with van der Waals surface area (Å²) in [6.07, 6.45) is 21.9. The Kier molecular flexibility index (Phi) is 16.5. The van der Waals surface area contributed by atoms with Crippen LogP contribution in [0.25, 0.3) is 0 Å². The summed E-state index contributed by atoms with van der Waals surface area (Å²) in [4.78, 5) is 30.7. The van der Waals surface area contributed by atoms with Crippen molar-refractivity contribution in [2.45, 2.75) is 129 Å². The number of unbranched alkanes of at least 4 members (excludes halogenated alkanes) is 16. The summed E-state index contributed by atoms with van der Waals surface area (Å²) in [7, 11) is -4.35. The van der Waals surface area contributed by atoms with Gasteiger partial charge in [-0.3, -0.25) is 0 Å². The van der Waals surface area contributed by atoms with Gasteiger partial charge >= 0.3 is 164 Å². The van der Waals surface area contributed by atoms with Crippen molar-refractivity contribution >= 4 is 7.28 Å². The zero-order chi connectivity index (χ0) is 19.6. The molecule has 0 atom stereocenters. The fraction of sp³-hybridized carbons (Fsp3) is 1.00. The summed E-state index contributed by atoms with van der Waals surface area (Å²) in [5, 5.41) is 0. The fourth-order valence-corrected chi connectivity index (χ4v) is 5.57. The molecule has 0 aromatic carbocycles. The molecule has 26 heavy (non-hydrogen) atoms. The van der Waals surface area contributed by atoms with Gasteiger partial charge in [0, 0.05) is 0 Å². The van der Waals surface area contributed by atoms with Crippen molar-refractivity contribution in [2.75, 3.05) is 12.3 Å². The van der Waals surface area contributed by atoms with Gasteiger partial charge in [-0.15, -0.1) is 0 Å². The third kappa shape index (κ3) is 19.1. The Balaban J connectivity index is 3.53. The Labute approximate surface area is 164 Å². The van der Waals surface area contributed by atoms with Gasteiger partial charge in [0.2, 0.25) is 0 Å². The molecule has 0 spiro atoms. The van der Waals surface area contributed by atoms with Crippen LogP contribution in [-0.4, -0.2) is 27.0 Å². The minimum absolute atomic E-state index is 0.207. The summed E-state index contributed by atoms with van der Waals surface area (Å²) in [6, 6.07) is 0. The Bertz CT molecular complexity index is 273. The molecule has 0 radical (unpaired) electrons. The fourth-order valence-electron chi connectivity index (χ4n) is 3.60. The molecule has 0 aliphatic heterocycles. The predicted molar refractivity (Wildman–Crippen MR) is 118 cm³/mol. The molecule has 3 nitrogen and oxygen atoms in total.